The van der Waals surface area contributed by atoms with Gasteiger partial charge in [-0.05, 0) is 24.1 Å². The van der Waals surface area contributed by atoms with Gasteiger partial charge in [0.15, 0.2) is 0 Å². The van der Waals surface area contributed by atoms with Crippen molar-refractivity contribution < 1.29 is 31.1 Å². The largest absolute Gasteiger partial charge is 0.416 e. The number of hydrogen-bond acceptors (Lipinski definition) is 2. The van der Waals surface area contributed by atoms with Crippen LogP contribution in [0.25, 0.3) is 5.57 Å². The molecule has 9 heteroatoms. The maximum absolute atomic E-state index is 12.7. The van der Waals surface area contributed by atoms with Gasteiger partial charge in [0.25, 0.3) is 0 Å². The van der Waals surface area contributed by atoms with Crippen LogP contribution in [0, 0.1) is 0 Å². The van der Waals surface area contributed by atoms with E-state index >= 15 is 0 Å². The molecule has 1 aromatic heterocycles. The van der Waals surface area contributed by atoms with Crippen LogP contribution in [0.15, 0.2) is 24.4 Å². The molecule has 0 bridgehead atoms. The van der Waals surface area contributed by atoms with Crippen molar-refractivity contribution in [1.29, 1.82) is 0 Å². The number of aromatic nitrogens is 1. The van der Waals surface area contributed by atoms with Gasteiger partial charge in [0, 0.05) is 25.7 Å². The normalized spacial score (nSPS) is 16.1. The van der Waals surface area contributed by atoms with Crippen molar-refractivity contribution in [3.63, 3.8) is 0 Å². The third-order valence-corrected chi connectivity index (χ3v) is 3.60. The molecular weight excluding hydrogens is 338 g/mol. The summed E-state index contributed by atoms with van der Waals surface area (Å²) in [7, 11) is 0. The first-order valence-corrected chi connectivity index (χ1v) is 7.13. The van der Waals surface area contributed by atoms with Gasteiger partial charge >= 0.3 is 12.4 Å². The second kappa shape index (κ2) is 6.82. The molecule has 0 aliphatic carbocycles. The quantitative estimate of drug-likeness (QED) is 0.769. The lowest BCUT2D eigenvalue weighted by atomic mass is 10.0. The van der Waals surface area contributed by atoms with Crippen LogP contribution in [0.1, 0.15) is 30.5 Å². The van der Waals surface area contributed by atoms with Crippen LogP contribution in [0.5, 0.6) is 0 Å². The van der Waals surface area contributed by atoms with Crippen LogP contribution in [-0.4, -0.2) is 35.1 Å². The smallest absolute Gasteiger partial charge is 0.339 e. The summed E-state index contributed by atoms with van der Waals surface area (Å²) < 4.78 is 74.4. The average molecular weight is 352 g/mol. The number of alkyl halides is 6. The molecule has 0 spiro atoms. The molecule has 0 saturated carbocycles. The van der Waals surface area contributed by atoms with Gasteiger partial charge in [-0.25, -0.2) is 0 Å². The predicted octanol–water partition coefficient (Wildman–Crippen LogP) is 4.06. The van der Waals surface area contributed by atoms with Crippen LogP contribution in [-0.2, 0) is 11.0 Å². The number of amides is 1. The summed E-state index contributed by atoms with van der Waals surface area (Å²) in [6.45, 7) is 0.213. The number of carbonyl (C=O) groups is 1. The van der Waals surface area contributed by atoms with Crippen molar-refractivity contribution in [1.82, 2.24) is 9.88 Å². The van der Waals surface area contributed by atoms with Gasteiger partial charge < -0.3 is 4.90 Å². The minimum Gasteiger partial charge on any atom is -0.339 e. The maximum Gasteiger partial charge on any atom is 0.416 e. The molecule has 1 aromatic rings. The zero-order valence-corrected chi connectivity index (χ0v) is 12.4. The summed E-state index contributed by atoms with van der Waals surface area (Å²) >= 11 is 0. The van der Waals surface area contributed by atoms with E-state index in [1.54, 1.807) is 0 Å². The maximum atomic E-state index is 12.7. The molecular formula is C15H14F6N2O. The van der Waals surface area contributed by atoms with Gasteiger partial charge in [-0.2, -0.15) is 26.3 Å². The topological polar surface area (TPSA) is 33.2 Å². The lowest BCUT2D eigenvalue weighted by molar-refractivity contribution is -0.148. The monoisotopic (exact) mass is 352 g/mol. The Labute approximate surface area is 134 Å². The van der Waals surface area contributed by atoms with Crippen LogP contribution in [0.4, 0.5) is 26.3 Å². The highest BCUT2D eigenvalue weighted by Crippen LogP contribution is 2.31. The summed E-state index contributed by atoms with van der Waals surface area (Å²) in [6, 6.07) is 1.78. The van der Waals surface area contributed by atoms with Gasteiger partial charge in [-0.3, -0.25) is 9.78 Å². The van der Waals surface area contributed by atoms with Crippen molar-refractivity contribution in [2.75, 3.05) is 13.1 Å². The lowest BCUT2D eigenvalue weighted by Crippen LogP contribution is -2.35. The van der Waals surface area contributed by atoms with Crippen LogP contribution < -0.4 is 0 Å². The van der Waals surface area contributed by atoms with E-state index in [9.17, 15) is 31.1 Å². The fraction of sp³-hybridized carbons (Fsp3) is 0.467. The van der Waals surface area contributed by atoms with Crippen LogP contribution in [0.2, 0.25) is 0 Å². The summed E-state index contributed by atoms with van der Waals surface area (Å²) in [6.07, 6.45) is -7.87. The van der Waals surface area contributed by atoms with E-state index in [-0.39, 0.29) is 25.2 Å². The van der Waals surface area contributed by atoms with Gasteiger partial charge in [-0.1, -0.05) is 6.08 Å². The fourth-order valence-corrected chi connectivity index (χ4v) is 2.32. The highest BCUT2D eigenvalue weighted by Gasteiger charge is 2.32. The van der Waals surface area contributed by atoms with Gasteiger partial charge in [0.05, 0.1) is 17.7 Å². The summed E-state index contributed by atoms with van der Waals surface area (Å²) in [4.78, 5) is 16.9. The Balaban J connectivity index is 2.02. The van der Waals surface area contributed by atoms with E-state index < -0.39 is 36.7 Å². The number of nitrogens with zero attached hydrogens (tertiary/aromatic N) is 2. The number of carbonyl (C=O) groups excluding carboxylic acids is 1. The Morgan fingerprint density at radius 1 is 1.21 bits per heavy atom. The van der Waals surface area contributed by atoms with Crippen LogP contribution in [0.3, 0.4) is 0 Å². The number of halogens is 6. The molecule has 2 heterocycles. The minimum atomic E-state index is -4.48. The highest BCUT2D eigenvalue weighted by atomic mass is 19.4. The third kappa shape index (κ3) is 4.97. The zero-order chi connectivity index (χ0) is 18.0. The zero-order valence-electron chi connectivity index (χ0n) is 12.4. The van der Waals surface area contributed by atoms with Crippen molar-refractivity contribution in [3.05, 3.63) is 35.7 Å². The lowest BCUT2D eigenvalue weighted by Gasteiger charge is -2.26. The minimum absolute atomic E-state index is 0.0595. The van der Waals surface area contributed by atoms with E-state index in [0.29, 0.717) is 5.57 Å². The van der Waals surface area contributed by atoms with Crippen LogP contribution >= 0.6 is 0 Å². The van der Waals surface area contributed by atoms with Crippen molar-refractivity contribution in [3.8, 4) is 0 Å². The Morgan fingerprint density at radius 2 is 1.92 bits per heavy atom. The third-order valence-electron chi connectivity index (χ3n) is 3.60. The van der Waals surface area contributed by atoms with Crippen molar-refractivity contribution in [2.45, 2.75) is 31.6 Å². The first kappa shape index (κ1) is 18.3. The van der Waals surface area contributed by atoms with E-state index in [0.717, 1.165) is 18.3 Å². The molecule has 132 valence electrons. The summed E-state index contributed by atoms with van der Waals surface area (Å²) in [5.41, 5.74) is -0.120. The van der Waals surface area contributed by atoms with Crippen molar-refractivity contribution in [2.24, 2.45) is 0 Å². The van der Waals surface area contributed by atoms with Gasteiger partial charge in [-0.15, -0.1) is 0 Å². The Hall–Kier alpha value is -2.06. The standard InChI is InChI=1S/C15H14F6N2O/c16-14(17,18)5-1-13(24)23-7-3-10(4-8-23)12-9-11(2-6-22-12)15(19,20)21/h2-3,6,9H,1,4-5,7-8H2. The highest BCUT2D eigenvalue weighted by molar-refractivity contribution is 5.78. The molecule has 1 aliphatic rings. The SMILES string of the molecule is O=C(CCC(F)(F)F)N1CC=C(c2cc(C(F)(F)F)ccn2)CC1. The second-order valence-electron chi connectivity index (χ2n) is 5.36. The molecule has 1 aliphatic heterocycles. The van der Waals surface area contributed by atoms with E-state index in [1.165, 1.54) is 11.0 Å². The Morgan fingerprint density at radius 3 is 2.46 bits per heavy atom. The van der Waals surface area contributed by atoms with E-state index in [4.69, 9.17) is 0 Å². The molecule has 1 amide bonds. The molecule has 0 saturated heterocycles. The summed E-state index contributed by atoms with van der Waals surface area (Å²) in [5, 5.41) is 0. The average Bonchev–Trinajstić information content (AvgIpc) is 2.51. The number of pyridine rings is 1. The fourth-order valence-electron chi connectivity index (χ4n) is 2.32. The molecule has 0 unspecified atom stereocenters. The molecule has 0 fully saturated rings. The van der Waals surface area contributed by atoms with Gasteiger partial charge in [0.2, 0.25) is 5.91 Å². The molecule has 0 radical (unpaired) electrons. The predicted molar refractivity (Wildman–Crippen MR) is 73.7 cm³/mol. The molecule has 24 heavy (non-hydrogen) atoms. The number of rotatable bonds is 3. The van der Waals surface area contributed by atoms with E-state index in [1.807, 2.05) is 0 Å². The Bertz CT molecular complexity index is 636. The second-order valence-corrected chi connectivity index (χ2v) is 5.36. The first-order chi connectivity index (χ1) is 11.1. The summed E-state index contributed by atoms with van der Waals surface area (Å²) in [5.74, 6) is -0.625. The number of hydrogen-bond donors (Lipinski definition) is 0. The molecule has 0 aromatic carbocycles. The molecule has 0 atom stereocenters. The Kier molecular flexibility index (Phi) is 5.19. The molecule has 2 rings (SSSR count). The first-order valence-electron chi connectivity index (χ1n) is 7.13. The molecule has 3 nitrogen and oxygen atoms in total. The van der Waals surface area contributed by atoms with Crippen molar-refractivity contribution >= 4 is 11.5 Å². The van der Waals surface area contributed by atoms with E-state index in [2.05, 4.69) is 4.98 Å². The van der Waals surface area contributed by atoms with Gasteiger partial charge in [0.1, 0.15) is 0 Å². The molecule has 0 N–H and O–H groups in total.